The molecule has 0 fully saturated rings. The number of benzene rings is 2. The van der Waals surface area contributed by atoms with E-state index in [1.165, 1.54) is 18.2 Å². The van der Waals surface area contributed by atoms with Crippen LogP contribution < -0.4 is 10.6 Å². The van der Waals surface area contributed by atoms with Gasteiger partial charge in [-0.05, 0) is 50.6 Å². The van der Waals surface area contributed by atoms with Crippen LogP contribution >= 0.6 is 23.8 Å². The number of thiocarbonyl (C=S) groups is 1. The fourth-order valence-corrected chi connectivity index (χ4v) is 2.89. The van der Waals surface area contributed by atoms with E-state index in [0.717, 1.165) is 0 Å². The molecule has 1 atom stereocenters. The van der Waals surface area contributed by atoms with Crippen LogP contribution in [0.4, 0.5) is 15.8 Å². The van der Waals surface area contributed by atoms with Crippen molar-refractivity contribution in [3.05, 3.63) is 69.0 Å². The standard InChI is InChI=1S/C17H18ClFN4O2S/c1-22(2)15(16-13(18)4-3-5-14(16)19)10-20-17(26)21-11-6-8-12(9-7-11)23(24)25/h3-9,15H,10H2,1-2H3,(H2,20,21,26)/t15-/m0/s1. The van der Waals surface area contributed by atoms with Crippen molar-refractivity contribution in [3.63, 3.8) is 0 Å². The van der Waals surface area contributed by atoms with Gasteiger partial charge >= 0.3 is 0 Å². The third-order valence-electron chi connectivity index (χ3n) is 3.75. The van der Waals surface area contributed by atoms with Crippen LogP contribution in [0.25, 0.3) is 0 Å². The Morgan fingerprint density at radius 3 is 2.50 bits per heavy atom. The Balaban J connectivity index is 2.02. The predicted octanol–water partition coefficient (Wildman–Crippen LogP) is 3.98. The van der Waals surface area contributed by atoms with E-state index in [9.17, 15) is 14.5 Å². The highest BCUT2D eigenvalue weighted by atomic mass is 35.5. The van der Waals surface area contributed by atoms with Crippen LogP contribution in [-0.4, -0.2) is 35.6 Å². The zero-order valence-electron chi connectivity index (χ0n) is 14.2. The van der Waals surface area contributed by atoms with E-state index in [2.05, 4.69) is 10.6 Å². The lowest BCUT2D eigenvalue weighted by Crippen LogP contribution is -2.37. The van der Waals surface area contributed by atoms with E-state index >= 15 is 0 Å². The summed E-state index contributed by atoms with van der Waals surface area (Å²) in [4.78, 5) is 12.0. The van der Waals surface area contributed by atoms with Gasteiger partial charge in [0.05, 0.1) is 11.0 Å². The summed E-state index contributed by atoms with van der Waals surface area (Å²) in [7, 11) is 3.64. The molecule has 2 aromatic rings. The molecular weight excluding hydrogens is 379 g/mol. The highest BCUT2D eigenvalue weighted by Gasteiger charge is 2.21. The molecule has 0 radical (unpaired) electrons. The average Bonchev–Trinajstić information content (AvgIpc) is 2.57. The van der Waals surface area contributed by atoms with Crippen molar-refractivity contribution in [2.24, 2.45) is 0 Å². The van der Waals surface area contributed by atoms with E-state index < -0.39 is 4.92 Å². The van der Waals surface area contributed by atoms with Crippen molar-refractivity contribution in [1.82, 2.24) is 10.2 Å². The van der Waals surface area contributed by atoms with Crippen molar-refractivity contribution in [2.75, 3.05) is 26.0 Å². The van der Waals surface area contributed by atoms with Crippen LogP contribution in [0.5, 0.6) is 0 Å². The maximum Gasteiger partial charge on any atom is 0.269 e. The Morgan fingerprint density at radius 2 is 1.96 bits per heavy atom. The fourth-order valence-electron chi connectivity index (χ4n) is 2.40. The summed E-state index contributed by atoms with van der Waals surface area (Å²) in [6, 6.07) is 10.1. The quantitative estimate of drug-likeness (QED) is 0.437. The molecule has 0 spiro atoms. The molecule has 2 N–H and O–H groups in total. The summed E-state index contributed by atoms with van der Waals surface area (Å²) in [6.07, 6.45) is 0. The summed E-state index contributed by atoms with van der Waals surface area (Å²) in [6.45, 7) is 0.326. The van der Waals surface area contributed by atoms with Gasteiger partial charge in [0.25, 0.3) is 5.69 Å². The van der Waals surface area contributed by atoms with Crippen LogP contribution in [0.2, 0.25) is 5.02 Å². The Kier molecular flexibility index (Phi) is 6.84. The molecule has 138 valence electrons. The average molecular weight is 397 g/mol. The molecule has 0 aromatic heterocycles. The summed E-state index contributed by atoms with van der Waals surface area (Å²) >= 11 is 11.4. The highest BCUT2D eigenvalue weighted by Crippen LogP contribution is 2.28. The molecule has 0 aliphatic heterocycles. The molecule has 0 bridgehead atoms. The third-order valence-corrected chi connectivity index (χ3v) is 4.32. The second-order valence-electron chi connectivity index (χ2n) is 5.75. The van der Waals surface area contributed by atoms with E-state index in [-0.39, 0.29) is 17.5 Å². The number of nitrogens with one attached hydrogen (secondary N) is 2. The molecule has 0 aliphatic carbocycles. The number of nitrogens with zero attached hydrogens (tertiary/aromatic N) is 2. The van der Waals surface area contributed by atoms with Gasteiger partial charge in [0.15, 0.2) is 5.11 Å². The number of hydrogen-bond acceptors (Lipinski definition) is 4. The second-order valence-corrected chi connectivity index (χ2v) is 6.57. The van der Waals surface area contributed by atoms with Gasteiger partial charge in [0.1, 0.15) is 5.82 Å². The third kappa shape index (κ3) is 5.10. The molecule has 9 heteroatoms. The number of halogens is 2. The lowest BCUT2D eigenvalue weighted by Gasteiger charge is -2.27. The molecule has 0 unspecified atom stereocenters. The lowest BCUT2D eigenvalue weighted by atomic mass is 10.1. The van der Waals surface area contributed by atoms with Gasteiger partial charge in [-0.15, -0.1) is 0 Å². The minimum atomic E-state index is -0.472. The van der Waals surface area contributed by atoms with Crippen molar-refractivity contribution in [2.45, 2.75) is 6.04 Å². The fraction of sp³-hybridized carbons (Fsp3) is 0.235. The summed E-state index contributed by atoms with van der Waals surface area (Å²) in [5.41, 5.74) is 1.000. The molecule has 2 aromatic carbocycles. The maximum absolute atomic E-state index is 14.2. The minimum Gasteiger partial charge on any atom is -0.361 e. The van der Waals surface area contributed by atoms with Gasteiger partial charge in [-0.1, -0.05) is 17.7 Å². The molecule has 0 saturated carbocycles. The smallest absolute Gasteiger partial charge is 0.269 e. The maximum atomic E-state index is 14.2. The number of nitro groups is 1. The zero-order valence-corrected chi connectivity index (χ0v) is 15.8. The molecule has 26 heavy (non-hydrogen) atoms. The zero-order chi connectivity index (χ0) is 19.3. The first kappa shape index (κ1) is 20.0. The van der Waals surface area contributed by atoms with Gasteiger partial charge in [-0.25, -0.2) is 4.39 Å². The monoisotopic (exact) mass is 396 g/mol. The molecule has 0 heterocycles. The Bertz CT molecular complexity index is 782. The largest absolute Gasteiger partial charge is 0.361 e. The van der Waals surface area contributed by atoms with Crippen LogP contribution in [-0.2, 0) is 0 Å². The van der Waals surface area contributed by atoms with Gasteiger partial charge in [0.2, 0.25) is 0 Å². The highest BCUT2D eigenvalue weighted by molar-refractivity contribution is 7.80. The molecule has 0 saturated heterocycles. The van der Waals surface area contributed by atoms with E-state index in [0.29, 0.717) is 27.9 Å². The number of hydrogen-bond donors (Lipinski definition) is 2. The molecule has 6 nitrogen and oxygen atoms in total. The van der Waals surface area contributed by atoms with Crippen LogP contribution in [0.1, 0.15) is 11.6 Å². The topological polar surface area (TPSA) is 70.4 Å². The van der Waals surface area contributed by atoms with Crippen LogP contribution in [0.3, 0.4) is 0 Å². The Hall–Kier alpha value is -2.29. The minimum absolute atomic E-state index is 0.00343. The van der Waals surface area contributed by atoms with Gasteiger partial charge in [-0.3, -0.25) is 10.1 Å². The molecule has 0 aliphatic rings. The van der Waals surface area contributed by atoms with Crippen molar-refractivity contribution >= 4 is 40.3 Å². The van der Waals surface area contributed by atoms with Gasteiger partial charge < -0.3 is 15.5 Å². The number of non-ortho nitro benzene ring substituents is 1. The van der Waals surface area contributed by atoms with Crippen molar-refractivity contribution in [3.8, 4) is 0 Å². The SMILES string of the molecule is CN(C)[C@@H](CNC(=S)Nc1ccc([N+](=O)[O-])cc1)c1c(F)cccc1Cl. The molecular formula is C17H18ClFN4O2S. The van der Waals surface area contributed by atoms with Gasteiger partial charge in [-0.2, -0.15) is 0 Å². The number of anilines is 1. The number of likely N-dealkylation sites (N-methyl/N-ethyl adjacent to an activating group) is 1. The Morgan fingerprint density at radius 1 is 1.31 bits per heavy atom. The lowest BCUT2D eigenvalue weighted by molar-refractivity contribution is -0.384. The molecule has 0 amide bonds. The van der Waals surface area contributed by atoms with Crippen molar-refractivity contribution < 1.29 is 9.31 Å². The van der Waals surface area contributed by atoms with E-state index in [1.807, 2.05) is 19.0 Å². The molecule has 2 rings (SSSR count). The normalized spacial score (nSPS) is 11.9. The summed E-state index contributed by atoms with van der Waals surface area (Å²) in [5, 5.41) is 17.3. The van der Waals surface area contributed by atoms with E-state index in [4.69, 9.17) is 23.8 Å². The number of rotatable bonds is 6. The first-order valence-electron chi connectivity index (χ1n) is 7.69. The van der Waals surface area contributed by atoms with Crippen molar-refractivity contribution in [1.29, 1.82) is 0 Å². The Labute approximate surface area is 161 Å². The first-order valence-corrected chi connectivity index (χ1v) is 8.48. The van der Waals surface area contributed by atoms with Crippen LogP contribution in [0, 0.1) is 15.9 Å². The van der Waals surface area contributed by atoms with Gasteiger partial charge in [0, 0.05) is 35.0 Å². The van der Waals surface area contributed by atoms with Crippen LogP contribution in [0.15, 0.2) is 42.5 Å². The summed E-state index contributed by atoms with van der Waals surface area (Å²) < 4.78 is 14.2. The second kappa shape index (κ2) is 8.88. The number of nitro benzene ring substituents is 1. The van der Waals surface area contributed by atoms with E-state index in [1.54, 1.807) is 24.3 Å². The first-order chi connectivity index (χ1) is 12.3. The summed E-state index contributed by atoms with van der Waals surface area (Å²) in [5.74, 6) is -0.382. The predicted molar refractivity (Wildman–Crippen MR) is 105 cm³/mol.